The number of phenols is 1. The number of ether oxygens (including phenoxy) is 1. The predicted molar refractivity (Wildman–Crippen MR) is 108 cm³/mol. The summed E-state index contributed by atoms with van der Waals surface area (Å²) in [7, 11) is 1.63. The van der Waals surface area contributed by atoms with Crippen molar-refractivity contribution in [1.29, 1.82) is 0 Å². The molecule has 3 rings (SSSR count). The third-order valence-corrected chi connectivity index (χ3v) is 4.98. The second kappa shape index (κ2) is 8.18. The second-order valence-electron chi connectivity index (χ2n) is 5.88. The first-order valence-corrected chi connectivity index (χ1v) is 9.26. The number of benzene rings is 2. The molecule has 1 saturated heterocycles. The SMILES string of the molecule is CCOc1cc(/C=C2/S/C(=N\c3ccc(C(=O)O)cc3)N(C)C2=O)ccc1O. The first-order valence-electron chi connectivity index (χ1n) is 8.44. The molecule has 8 heteroatoms. The van der Waals surface area contributed by atoms with Crippen LogP contribution in [-0.2, 0) is 4.79 Å². The quantitative estimate of drug-likeness (QED) is 0.745. The molecule has 1 aliphatic heterocycles. The number of aromatic hydroxyl groups is 1. The number of aliphatic imine (C=N–C) groups is 1. The van der Waals surface area contributed by atoms with Gasteiger partial charge in [-0.3, -0.25) is 9.69 Å². The Kier molecular flexibility index (Phi) is 5.70. The van der Waals surface area contributed by atoms with Gasteiger partial charge >= 0.3 is 5.97 Å². The predicted octanol–water partition coefficient (Wildman–Crippen LogP) is 3.72. The summed E-state index contributed by atoms with van der Waals surface area (Å²) < 4.78 is 5.37. The van der Waals surface area contributed by atoms with Gasteiger partial charge in [-0.2, -0.15) is 0 Å². The summed E-state index contributed by atoms with van der Waals surface area (Å²) in [6.45, 7) is 2.24. The number of hydrogen-bond acceptors (Lipinski definition) is 6. The van der Waals surface area contributed by atoms with E-state index in [0.717, 1.165) is 5.56 Å². The number of amides is 1. The lowest BCUT2D eigenvalue weighted by molar-refractivity contribution is -0.121. The van der Waals surface area contributed by atoms with Crippen LogP contribution in [0.5, 0.6) is 11.5 Å². The zero-order valence-corrected chi connectivity index (χ0v) is 16.1. The minimum absolute atomic E-state index is 0.0404. The zero-order valence-electron chi connectivity index (χ0n) is 15.2. The summed E-state index contributed by atoms with van der Waals surface area (Å²) in [5.41, 5.74) is 1.44. The highest BCUT2D eigenvalue weighted by Crippen LogP contribution is 2.34. The molecule has 1 amide bonds. The first-order chi connectivity index (χ1) is 13.4. The maximum atomic E-state index is 12.5. The highest BCUT2D eigenvalue weighted by molar-refractivity contribution is 8.18. The number of carbonyl (C=O) groups excluding carboxylic acids is 1. The highest BCUT2D eigenvalue weighted by atomic mass is 32.2. The monoisotopic (exact) mass is 398 g/mol. The average Bonchev–Trinajstić information content (AvgIpc) is 2.93. The molecule has 1 fully saturated rings. The van der Waals surface area contributed by atoms with E-state index in [0.29, 0.717) is 28.1 Å². The van der Waals surface area contributed by atoms with Crippen molar-refractivity contribution < 1.29 is 24.5 Å². The van der Waals surface area contributed by atoms with Crippen molar-refractivity contribution in [3.8, 4) is 11.5 Å². The van der Waals surface area contributed by atoms with E-state index in [1.54, 1.807) is 37.4 Å². The summed E-state index contributed by atoms with van der Waals surface area (Å²) in [6, 6.07) is 11.0. The van der Waals surface area contributed by atoms with Gasteiger partial charge in [-0.1, -0.05) is 6.07 Å². The zero-order chi connectivity index (χ0) is 20.3. The molecule has 2 aromatic rings. The van der Waals surface area contributed by atoms with Gasteiger partial charge in [-0.15, -0.1) is 0 Å². The number of rotatable bonds is 5. The molecule has 7 nitrogen and oxygen atoms in total. The third-order valence-electron chi connectivity index (χ3n) is 3.92. The Hall–Kier alpha value is -3.26. The molecule has 28 heavy (non-hydrogen) atoms. The molecule has 0 aromatic heterocycles. The van der Waals surface area contributed by atoms with E-state index in [1.807, 2.05) is 6.92 Å². The van der Waals surface area contributed by atoms with Crippen LogP contribution < -0.4 is 4.74 Å². The van der Waals surface area contributed by atoms with Crippen LogP contribution in [0, 0.1) is 0 Å². The van der Waals surface area contributed by atoms with Crippen molar-refractivity contribution in [1.82, 2.24) is 4.90 Å². The van der Waals surface area contributed by atoms with E-state index >= 15 is 0 Å². The Balaban J connectivity index is 1.85. The van der Waals surface area contributed by atoms with Crippen LogP contribution in [0.1, 0.15) is 22.8 Å². The van der Waals surface area contributed by atoms with Crippen molar-refractivity contribution in [2.45, 2.75) is 6.92 Å². The molecule has 0 radical (unpaired) electrons. The molecular weight excluding hydrogens is 380 g/mol. The average molecular weight is 398 g/mol. The normalized spacial score (nSPS) is 16.8. The molecular formula is C20H18N2O5S. The van der Waals surface area contributed by atoms with Gasteiger partial charge in [-0.05, 0) is 66.7 Å². The smallest absolute Gasteiger partial charge is 0.335 e. The van der Waals surface area contributed by atoms with E-state index in [9.17, 15) is 14.7 Å². The lowest BCUT2D eigenvalue weighted by Gasteiger charge is -2.07. The maximum absolute atomic E-state index is 12.5. The van der Waals surface area contributed by atoms with Gasteiger partial charge in [0, 0.05) is 7.05 Å². The summed E-state index contributed by atoms with van der Waals surface area (Å²) in [4.78, 5) is 29.8. The third kappa shape index (κ3) is 4.17. The van der Waals surface area contributed by atoms with Crippen molar-refractivity contribution >= 4 is 40.6 Å². The van der Waals surface area contributed by atoms with Crippen LogP contribution in [0.25, 0.3) is 6.08 Å². The Labute approximate surface area is 166 Å². The summed E-state index contributed by atoms with van der Waals surface area (Å²) >= 11 is 1.22. The largest absolute Gasteiger partial charge is 0.504 e. The van der Waals surface area contributed by atoms with Crippen LogP contribution in [-0.4, -0.2) is 45.8 Å². The van der Waals surface area contributed by atoms with Gasteiger partial charge in [0.1, 0.15) is 0 Å². The van der Waals surface area contributed by atoms with Gasteiger partial charge < -0.3 is 14.9 Å². The van der Waals surface area contributed by atoms with Crippen LogP contribution >= 0.6 is 11.8 Å². The van der Waals surface area contributed by atoms with E-state index in [4.69, 9.17) is 9.84 Å². The van der Waals surface area contributed by atoms with Gasteiger partial charge in [-0.25, -0.2) is 9.79 Å². The Morgan fingerprint density at radius 2 is 1.96 bits per heavy atom. The summed E-state index contributed by atoms with van der Waals surface area (Å²) in [5, 5.41) is 19.2. The number of nitrogens with zero attached hydrogens (tertiary/aromatic N) is 2. The van der Waals surface area contributed by atoms with Crippen molar-refractivity contribution in [3.63, 3.8) is 0 Å². The topological polar surface area (TPSA) is 99.4 Å². The number of carboxylic acids is 1. The molecule has 0 bridgehead atoms. The fraction of sp³-hybridized carbons (Fsp3) is 0.150. The fourth-order valence-electron chi connectivity index (χ4n) is 2.48. The number of likely N-dealkylation sites (N-methyl/N-ethyl adjacent to an activating group) is 1. The molecule has 1 heterocycles. The molecule has 144 valence electrons. The number of amidine groups is 1. The number of phenolic OH excluding ortho intramolecular Hbond substituents is 1. The lowest BCUT2D eigenvalue weighted by Crippen LogP contribution is -2.23. The minimum Gasteiger partial charge on any atom is -0.504 e. The van der Waals surface area contributed by atoms with Crippen molar-refractivity contribution in [3.05, 3.63) is 58.5 Å². The summed E-state index contributed by atoms with van der Waals surface area (Å²) in [6.07, 6.45) is 1.71. The number of carboxylic acid groups (broad SMARTS) is 1. The highest BCUT2D eigenvalue weighted by Gasteiger charge is 2.30. The Morgan fingerprint density at radius 1 is 1.25 bits per heavy atom. The van der Waals surface area contributed by atoms with Crippen molar-refractivity contribution in [2.24, 2.45) is 4.99 Å². The van der Waals surface area contributed by atoms with Gasteiger partial charge in [0.25, 0.3) is 5.91 Å². The molecule has 0 saturated carbocycles. The maximum Gasteiger partial charge on any atom is 0.335 e. The van der Waals surface area contributed by atoms with E-state index in [1.165, 1.54) is 34.9 Å². The Bertz CT molecular complexity index is 983. The molecule has 1 aliphatic rings. The molecule has 0 unspecified atom stereocenters. The number of aromatic carboxylic acids is 1. The minimum atomic E-state index is -1.01. The van der Waals surface area contributed by atoms with Crippen LogP contribution in [0.2, 0.25) is 0 Å². The molecule has 0 aliphatic carbocycles. The number of carbonyl (C=O) groups is 2. The van der Waals surface area contributed by atoms with Crippen LogP contribution in [0.15, 0.2) is 52.4 Å². The number of hydrogen-bond donors (Lipinski definition) is 2. The van der Waals surface area contributed by atoms with Gasteiger partial charge in [0.05, 0.1) is 22.8 Å². The van der Waals surface area contributed by atoms with Gasteiger partial charge in [0.15, 0.2) is 16.7 Å². The fourth-order valence-corrected chi connectivity index (χ4v) is 3.47. The molecule has 2 aromatic carbocycles. The first kappa shape index (κ1) is 19.5. The van der Waals surface area contributed by atoms with Crippen LogP contribution in [0.4, 0.5) is 5.69 Å². The summed E-state index contributed by atoms with van der Waals surface area (Å²) in [5.74, 6) is -0.809. The standard InChI is InChI=1S/C20H18N2O5S/c1-3-27-16-10-12(4-9-15(16)23)11-17-18(24)22(2)20(28-17)21-14-7-5-13(6-8-14)19(25)26/h4-11,23H,3H2,1-2H3,(H,25,26)/b17-11+,21-20-. The van der Waals surface area contributed by atoms with Crippen molar-refractivity contribution in [2.75, 3.05) is 13.7 Å². The van der Waals surface area contributed by atoms with E-state index in [2.05, 4.69) is 4.99 Å². The molecule has 0 atom stereocenters. The lowest BCUT2D eigenvalue weighted by atomic mass is 10.2. The second-order valence-corrected chi connectivity index (χ2v) is 6.89. The molecule has 0 spiro atoms. The van der Waals surface area contributed by atoms with Crippen LogP contribution in [0.3, 0.4) is 0 Å². The molecule has 2 N–H and O–H groups in total. The van der Waals surface area contributed by atoms with E-state index < -0.39 is 5.97 Å². The number of thioether (sulfide) groups is 1. The Morgan fingerprint density at radius 3 is 2.61 bits per heavy atom. The van der Waals surface area contributed by atoms with E-state index in [-0.39, 0.29) is 17.2 Å². The van der Waals surface area contributed by atoms with Gasteiger partial charge in [0.2, 0.25) is 0 Å².